The van der Waals surface area contributed by atoms with Crippen LogP contribution in [0.3, 0.4) is 0 Å². The first-order chi connectivity index (χ1) is 11.4. The number of hydrogen-bond acceptors (Lipinski definition) is 2. The highest BCUT2D eigenvalue weighted by Gasteiger charge is 2.28. The van der Waals surface area contributed by atoms with Gasteiger partial charge in [-0.2, -0.15) is 0 Å². The molecule has 1 saturated heterocycles. The van der Waals surface area contributed by atoms with E-state index in [-0.39, 0.29) is 18.1 Å². The lowest BCUT2D eigenvalue weighted by Crippen LogP contribution is -2.42. The van der Waals surface area contributed by atoms with Gasteiger partial charge in [0.25, 0.3) is 0 Å². The first-order valence-corrected chi connectivity index (χ1v) is 10.2. The van der Waals surface area contributed by atoms with Crippen LogP contribution in [-0.4, -0.2) is 44.6 Å². The van der Waals surface area contributed by atoms with E-state index in [9.17, 15) is 9.00 Å². The zero-order chi connectivity index (χ0) is 17.7. The molecule has 1 heterocycles. The van der Waals surface area contributed by atoms with Gasteiger partial charge < -0.3 is 4.90 Å². The van der Waals surface area contributed by atoms with Crippen LogP contribution in [0.5, 0.6) is 0 Å². The molecule has 1 atom stereocenters. The largest absolute Gasteiger partial charge is 0.353 e. The number of rotatable bonds is 4. The summed E-state index contributed by atoms with van der Waals surface area (Å²) in [7, 11) is -2.91. The SMILES string of the molecule is CC(C)N(C(=O)N=[S@@](=O)(c1ccccc1)N1CCCCC1)C(C)C. The van der Waals surface area contributed by atoms with E-state index in [0.29, 0.717) is 18.0 Å². The van der Waals surface area contributed by atoms with Crippen LogP contribution in [0.1, 0.15) is 47.0 Å². The summed E-state index contributed by atoms with van der Waals surface area (Å²) in [6.45, 7) is 9.26. The highest BCUT2D eigenvalue weighted by atomic mass is 32.2. The van der Waals surface area contributed by atoms with Crippen LogP contribution in [0.15, 0.2) is 39.6 Å². The Labute approximate surface area is 146 Å². The number of nitrogens with zero attached hydrogens (tertiary/aromatic N) is 3. The van der Waals surface area contributed by atoms with Gasteiger partial charge >= 0.3 is 6.03 Å². The zero-order valence-corrected chi connectivity index (χ0v) is 16.0. The van der Waals surface area contributed by atoms with Gasteiger partial charge in [-0.3, -0.25) is 0 Å². The Kier molecular flexibility index (Phi) is 6.40. The molecule has 1 aliphatic rings. The lowest BCUT2D eigenvalue weighted by Gasteiger charge is -2.32. The van der Waals surface area contributed by atoms with E-state index in [1.54, 1.807) is 4.90 Å². The Morgan fingerprint density at radius 1 is 1.04 bits per heavy atom. The first kappa shape index (κ1) is 18.9. The summed E-state index contributed by atoms with van der Waals surface area (Å²) in [4.78, 5) is 15.1. The van der Waals surface area contributed by atoms with Gasteiger partial charge in [-0.05, 0) is 52.7 Å². The van der Waals surface area contributed by atoms with E-state index in [2.05, 4.69) is 4.36 Å². The van der Waals surface area contributed by atoms with Crippen LogP contribution in [0.2, 0.25) is 0 Å². The van der Waals surface area contributed by atoms with Gasteiger partial charge in [0.05, 0.1) is 4.90 Å². The van der Waals surface area contributed by atoms with E-state index in [0.717, 1.165) is 19.3 Å². The molecule has 0 aromatic heterocycles. The number of carbonyl (C=O) groups excluding carboxylic acids is 1. The summed E-state index contributed by atoms with van der Waals surface area (Å²) in [6.07, 6.45) is 3.12. The molecule has 0 saturated carbocycles. The quantitative estimate of drug-likeness (QED) is 0.818. The van der Waals surface area contributed by atoms with Crippen molar-refractivity contribution < 1.29 is 9.00 Å². The normalized spacial score (nSPS) is 18.4. The maximum atomic E-state index is 13.8. The molecule has 2 amide bonds. The maximum absolute atomic E-state index is 13.8. The number of amides is 2. The second-order valence-electron chi connectivity index (χ2n) is 6.77. The molecule has 6 heteroatoms. The van der Waals surface area contributed by atoms with Gasteiger partial charge in [-0.1, -0.05) is 24.6 Å². The minimum atomic E-state index is -2.91. The lowest BCUT2D eigenvalue weighted by molar-refractivity contribution is 0.175. The van der Waals surface area contributed by atoms with Crippen molar-refractivity contribution >= 4 is 15.9 Å². The van der Waals surface area contributed by atoms with Crippen molar-refractivity contribution in [3.8, 4) is 0 Å². The van der Waals surface area contributed by atoms with Gasteiger partial charge in [-0.25, -0.2) is 13.3 Å². The molecule has 1 fully saturated rings. The molecule has 134 valence electrons. The van der Waals surface area contributed by atoms with Gasteiger partial charge in [0.2, 0.25) is 0 Å². The van der Waals surface area contributed by atoms with Crippen LogP contribution >= 0.6 is 0 Å². The lowest BCUT2D eigenvalue weighted by atomic mass is 10.2. The van der Waals surface area contributed by atoms with Crippen molar-refractivity contribution in [2.45, 2.75) is 63.9 Å². The summed E-state index contributed by atoms with van der Waals surface area (Å²) in [6, 6.07) is 8.84. The Hall–Kier alpha value is -1.40. The van der Waals surface area contributed by atoms with Crippen LogP contribution < -0.4 is 0 Å². The maximum Gasteiger partial charge on any atom is 0.353 e. The molecule has 0 N–H and O–H groups in total. The highest BCUT2D eigenvalue weighted by Crippen LogP contribution is 2.24. The van der Waals surface area contributed by atoms with Crippen molar-refractivity contribution in [2.24, 2.45) is 4.36 Å². The van der Waals surface area contributed by atoms with E-state index in [4.69, 9.17) is 0 Å². The summed E-state index contributed by atoms with van der Waals surface area (Å²) >= 11 is 0. The third-order valence-electron chi connectivity index (χ3n) is 4.25. The summed E-state index contributed by atoms with van der Waals surface area (Å²) in [5.74, 6) is 0. The molecule has 24 heavy (non-hydrogen) atoms. The Morgan fingerprint density at radius 2 is 1.58 bits per heavy atom. The second kappa shape index (κ2) is 8.12. The van der Waals surface area contributed by atoms with Crippen LogP contribution in [0, 0.1) is 0 Å². The third-order valence-corrected chi connectivity index (χ3v) is 6.61. The van der Waals surface area contributed by atoms with Crippen molar-refractivity contribution in [1.82, 2.24) is 9.21 Å². The molecule has 0 spiro atoms. The van der Waals surface area contributed by atoms with Crippen molar-refractivity contribution in [3.63, 3.8) is 0 Å². The van der Waals surface area contributed by atoms with Gasteiger partial charge in [-0.15, -0.1) is 4.36 Å². The number of benzene rings is 1. The fourth-order valence-electron chi connectivity index (χ4n) is 3.16. The van der Waals surface area contributed by atoms with Crippen molar-refractivity contribution in [2.75, 3.05) is 13.1 Å². The molecule has 0 unspecified atom stereocenters. The molecule has 1 aromatic rings. The van der Waals surface area contributed by atoms with E-state index >= 15 is 0 Å². The summed E-state index contributed by atoms with van der Waals surface area (Å²) in [5, 5.41) is 0. The smallest absolute Gasteiger partial charge is 0.317 e. The number of hydrogen-bond donors (Lipinski definition) is 0. The number of piperidine rings is 1. The fraction of sp³-hybridized carbons (Fsp3) is 0.611. The fourth-order valence-corrected chi connectivity index (χ4v) is 5.25. The Morgan fingerprint density at radius 3 is 2.08 bits per heavy atom. The van der Waals surface area contributed by atoms with Crippen LogP contribution in [0.4, 0.5) is 4.79 Å². The predicted octanol–water partition coefficient (Wildman–Crippen LogP) is 4.15. The average Bonchev–Trinajstić information content (AvgIpc) is 2.55. The minimum absolute atomic E-state index is 0.0158. The molecular weight excluding hydrogens is 322 g/mol. The molecular formula is C18H29N3O2S. The van der Waals surface area contributed by atoms with Crippen LogP contribution in [0.25, 0.3) is 0 Å². The van der Waals surface area contributed by atoms with E-state index in [1.807, 2.05) is 62.3 Å². The minimum Gasteiger partial charge on any atom is -0.317 e. The van der Waals surface area contributed by atoms with E-state index < -0.39 is 9.92 Å². The van der Waals surface area contributed by atoms with Gasteiger partial charge in [0.1, 0.15) is 9.92 Å². The van der Waals surface area contributed by atoms with Gasteiger partial charge in [0.15, 0.2) is 0 Å². The first-order valence-electron chi connectivity index (χ1n) is 8.76. The number of urea groups is 1. The summed E-state index contributed by atoms with van der Waals surface area (Å²) in [5.41, 5.74) is 0. The standard InChI is InChI=1S/C18H29N3O2S/c1-15(2)21(16(3)4)18(22)19-24(23,17-11-7-5-8-12-17)20-13-9-6-10-14-20/h5,7-8,11-12,15-16H,6,9-10,13-14H2,1-4H3/t24-/m0/s1. The Balaban J connectivity index is 2.49. The molecule has 1 aliphatic heterocycles. The number of carbonyl (C=O) groups is 1. The monoisotopic (exact) mass is 351 g/mol. The Bertz CT molecular complexity index is 650. The third kappa shape index (κ3) is 4.16. The van der Waals surface area contributed by atoms with Crippen molar-refractivity contribution in [1.29, 1.82) is 0 Å². The molecule has 5 nitrogen and oxygen atoms in total. The second-order valence-corrected chi connectivity index (χ2v) is 8.93. The van der Waals surface area contributed by atoms with E-state index in [1.165, 1.54) is 0 Å². The predicted molar refractivity (Wildman–Crippen MR) is 98.2 cm³/mol. The zero-order valence-electron chi connectivity index (χ0n) is 15.1. The average molecular weight is 352 g/mol. The molecule has 0 radical (unpaired) electrons. The molecule has 0 bridgehead atoms. The molecule has 1 aromatic carbocycles. The molecule has 0 aliphatic carbocycles. The van der Waals surface area contributed by atoms with Gasteiger partial charge in [0, 0.05) is 25.2 Å². The van der Waals surface area contributed by atoms with Crippen molar-refractivity contribution in [3.05, 3.63) is 30.3 Å². The topological polar surface area (TPSA) is 53.0 Å². The highest BCUT2D eigenvalue weighted by molar-refractivity contribution is 7.91. The molecule has 2 rings (SSSR count). The van der Waals surface area contributed by atoms with Crippen LogP contribution in [-0.2, 0) is 9.92 Å². The summed E-state index contributed by atoms with van der Waals surface area (Å²) < 4.78 is 20.0.